The van der Waals surface area contributed by atoms with Gasteiger partial charge in [0.2, 0.25) is 0 Å². The first-order valence-electron chi connectivity index (χ1n) is 7.75. The first-order valence-corrected chi connectivity index (χ1v) is 7.75. The number of benzene rings is 1. The molecule has 4 heterocycles. The molecule has 0 radical (unpaired) electrons. The van der Waals surface area contributed by atoms with Gasteiger partial charge in [-0.3, -0.25) is 4.90 Å². The van der Waals surface area contributed by atoms with Crippen molar-refractivity contribution in [3.63, 3.8) is 0 Å². The smallest absolute Gasteiger partial charge is 0.0335 e. The maximum absolute atomic E-state index is 2.78. The monoisotopic (exact) mass is 256 g/mol. The Hall–Kier alpha value is -0.860. The summed E-state index contributed by atoms with van der Waals surface area (Å²) in [6.07, 6.45) is 2.85. The zero-order chi connectivity index (χ0) is 13.0. The summed E-state index contributed by atoms with van der Waals surface area (Å²) in [7, 11) is 2.34. The molecule has 4 saturated heterocycles. The summed E-state index contributed by atoms with van der Waals surface area (Å²) in [5, 5.41) is 0. The lowest BCUT2D eigenvalue weighted by Crippen LogP contribution is -2.59. The van der Waals surface area contributed by atoms with Crippen molar-refractivity contribution in [2.75, 3.05) is 26.7 Å². The number of nitrogens with zero attached hydrogens (tertiary/aromatic N) is 2. The van der Waals surface area contributed by atoms with E-state index in [1.807, 2.05) is 0 Å². The SMILES string of the molecule is Cc1ccc([C@@H]2CN(C)[C@@H]3C4CCN(CC4)[C@@H]32)cc1. The number of hydrogen-bond acceptors (Lipinski definition) is 2. The van der Waals surface area contributed by atoms with Crippen LogP contribution < -0.4 is 0 Å². The summed E-state index contributed by atoms with van der Waals surface area (Å²) in [6, 6.07) is 10.9. The van der Waals surface area contributed by atoms with Crippen LogP contribution in [0.4, 0.5) is 0 Å². The molecule has 2 heteroatoms. The normalized spacial score (nSPS) is 41.5. The molecule has 0 N–H and O–H groups in total. The zero-order valence-electron chi connectivity index (χ0n) is 12.0. The van der Waals surface area contributed by atoms with Crippen molar-refractivity contribution in [1.82, 2.24) is 9.80 Å². The Morgan fingerprint density at radius 3 is 2.37 bits per heavy atom. The van der Waals surface area contributed by atoms with Gasteiger partial charge in [-0.2, -0.15) is 0 Å². The van der Waals surface area contributed by atoms with Gasteiger partial charge < -0.3 is 4.90 Å². The second kappa shape index (κ2) is 4.32. The first kappa shape index (κ1) is 11.9. The molecule has 4 aliphatic heterocycles. The summed E-state index contributed by atoms with van der Waals surface area (Å²) in [5.41, 5.74) is 2.93. The maximum atomic E-state index is 2.78. The van der Waals surface area contributed by atoms with E-state index >= 15 is 0 Å². The van der Waals surface area contributed by atoms with Crippen molar-refractivity contribution in [1.29, 1.82) is 0 Å². The van der Waals surface area contributed by atoms with Crippen molar-refractivity contribution >= 4 is 0 Å². The summed E-state index contributed by atoms with van der Waals surface area (Å²) in [4.78, 5) is 5.42. The number of likely N-dealkylation sites (N-methyl/N-ethyl adjacent to an activating group) is 1. The molecule has 0 aromatic heterocycles. The van der Waals surface area contributed by atoms with E-state index in [-0.39, 0.29) is 0 Å². The van der Waals surface area contributed by atoms with E-state index < -0.39 is 0 Å². The molecule has 0 unspecified atom stereocenters. The molecule has 5 rings (SSSR count). The van der Waals surface area contributed by atoms with E-state index in [9.17, 15) is 0 Å². The van der Waals surface area contributed by atoms with Crippen molar-refractivity contribution in [3.05, 3.63) is 35.4 Å². The van der Waals surface area contributed by atoms with Crippen LogP contribution in [0.1, 0.15) is 29.9 Å². The fraction of sp³-hybridized carbons (Fsp3) is 0.647. The standard InChI is InChI=1S/C17H24N2/c1-12-3-5-13(6-4-12)15-11-18(2)16-14-7-9-19(10-8-14)17(15)16/h3-6,14-17H,7-11H2,1-2H3/t15-,16+,17+/m0/s1. The van der Waals surface area contributed by atoms with Crippen molar-refractivity contribution in [2.24, 2.45) is 5.92 Å². The van der Waals surface area contributed by atoms with Gasteiger partial charge in [-0.15, -0.1) is 0 Å². The predicted molar refractivity (Wildman–Crippen MR) is 78.4 cm³/mol. The second-order valence-corrected chi connectivity index (χ2v) is 6.81. The molecule has 4 fully saturated rings. The van der Waals surface area contributed by atoms with E-state index in [1.165, 1.54) is 38.0 Å². The van der Waals surface area contributed by atoms with Gasteiger partial charge in [0.05, 0.1) is 0 Å². The molecule has 0 amide bonds. The number of likely N-dealkylation sites (tertiary alicyclic amines) is 1. The van der Waals surface area contributed by atoms with Gasteiger partial charge in [0.25, 0.3) is 0 Å². The molecule has 102 valence electrons. The lowest BCUT2D eigenvalue weighted by molar-refractivity contribution is 0.000201. The number of rotatable bonds is 1. The minimum absolute atomic E-state index is 0.721. The zero-order valence-corrected chi connectivity index (χ0v) is 12.0. The molecule has 0 saturated carbocycles. The van der Waals surface area contributed by atoms with Gasteiger partial charge in [0.1, 0.15) is 0 Å². The van der Waals surface area contributed by atoms with E-state index in [0.717, 1.165) is 23.9 Å². The molecular weight excluding hydrogens is 232 g/mol. The van der Waals surface area contributed by atoms with Crippen LogP contribution in [0.15, 0.2) is 24.3 Å². The highest BCUT2D eigenvalue weighted by molar-refractivity contribution is 5.29. The summed E-state index contributed by atoms with van der Waals surface area (Å²) < 4.78 is 0. The van der Waals surface area contributed by atoms with Crippen LogP contribution in [-0.2, 0) is 0 Å². The highest BCUT2D eigenvalue weighted by atomic mass is 15.3. The quantitative estimate of drug-likeness (QED) is 0.761. The van der Waals surface area contributed by atoms with Crippen LogP contribution in [-0.4, -0.2) is 48.6 Å². The Morgan fingerprint density at radius 1 is 1.00 bits per heavy atom. The summed E-state index contributed by atoms with van der Waals surface area (Å²) in [6.45, 7) is 6.09. The first-order chi connectivity index (χ1) is 9.24. The Balaban J connectivity index is 1.68. The summed E-state index contributed by atoms with van der Waals surface area (Å²) >= 11 is 0. The third-order valence-corrected chi connectivity index (χ3v) is 5.74. The second-order valence-electron chi connectivity index (χ2n) is 6.81. The Labute approximate surface area is 116 Å². The van der Waals surface area contributed by atoms with Gasteiger partial charge >= 0.3 is 0 Å². The van der Waals surface area contributed by atoms with Crippen LogP contribution in [0.5, 0.6) is 0 Å². The fourth-order valence-electron chi connectivity index (χ4n) is 4.82. The van der Waals surface area contributed by atoms with Gasteiger partial charge in [0.15, 0.2) is 0 Å². The molecule has 19 heavy (non-hydrogen) atoms. The van der Waals surface area contributed by atoms with Gasteiger partial charge in [-0.1, -0.05) is 29.8 Å². The van der Waals surface area contributed by atoms with Crippen LogP contribution in [0, 0.1) is 12.8 Å². The van der Waals surface area contributed by atoms with E-state index in [4.69, 9.17) is 0 Å². The molecule has 0 spiro atoms. The number of piperidine rings is 3. The van der Waals surface area contributed by atoms with E-state index in [0.29, 0.717) is 0 Å². The van der Waals surface area contributed by atoms with Crippen LogP contribution in [0.3, 0.4) is 0 Å². The topological polar surface area (TPSA) is 6.48 Å². The number of hydrogen-bond donors (Lipinski definition) is 0. The Bertz CT molecular complexity index is 459. The highest BCUT2D eigenvalue weighted by Crippen LogP contribution is 2.45. The van der Waals surface area contributed by atoms with Gasteiger partial charge in [-0.25, -0.2) is 0 Å². The maximum Gasteiger partial charge on any atom is 0.0335 e. The Kier molecular flexibility index (Phi) is 2.71. The molecular formula is C17H24N2. The minimum atomic E-state index is 0.721. The molecule has 1 aromatic rings. The van der Waals surface area contributed by atoms with Gasteiger partial charge in [0, 0.05) is 24.5 Å². The van der Waals surface area contributed by atoms with Crippen molar-refractivity contribution in [3.8, 4) is 0 Å². The molecule has 2 bridgehead atoms. The number of aryl methyl sites for hydroxylation is 1. The van der Waals surface area contributed by atoms with Crippen LogP contribution in [0.2, 0.25) is 0 Å². The average molecular weight is 256 g/mol. The largest absolute Gasteiger partial charge is 0.301 e. The third kappa shape index (κ3) is 1.77. The van der Waals surface area contributed by atoms with Crippen LogP contribution >= 0.6 is 0 Å². The lowest BCUT2D eigenvalue weighted by atomic mass is 9.75. The van der Waals surface area contributed by atoms with Gasteiger partial charge in [-0.05, 0) is 51.4 Å². The van der Waals surface area contributed by atoms with E-state index in [2.05, 4.69) is 48.0 Å². The minimum Gasteiger partial charge on any atom is -0.301 e. The Morgan fingerprint density at radius 2 is 1.68 bits per heavy atom. The van der Waals surface area contributed by atoms with Crippen LogP contribution in [0.25, 0.3) is 0 Å². The molecule has 0 aliphatic carbocycles. The molecule has 4 aliphatic rings. The predicted octanol–water partition coefficient (Wildman–Crippen LogP) is 2.49. The lowest BCUT2D eigenvalue weighted by Gasteiger charge is -2.51. The van der Waals surface area contributed by atoms with Crippen molar-refractivity contribution in [2.45, 2.75) is 37.8 Å². The third-order valence-electron chi connectivity index (χ3n) is 5.74. The molecule has 2 nitrogen and oxygen atoms in total. The molecule has 3 atom stereocenters. The van der Waals surface area contributed by atoms with E-state index in [1.54, 1.807) is 5.56 Å². The highest BCUT2D eigenvalue weighted by Gasteiger charge is 2.51. The molecule has 1 aromatic carbocycles. The fourth-order valence-corrected chi connectivity index (χ4v) is 4.82. The summed E-state index contributed by atoms with van der Waals surface area (Å²) in [5.74, 6) is 1.68. The number of fused-ring (bicyclic) bond motifs is 2. The average Bonchev–Trinajstić information content (AvgIpc) is 2.81. The van der Waals surface area contributed by atoms with Crippen molar-refractivity contribution < 1.29 is 0 Å².